The molecule has 5 atom stereocenters. The summed E-state index contributed by atoms with van der Waals surface area (Å²) in [6, 6.07) is 0. The summed E-state index contributed by atoms with van der Waals surface area (Å²) in [4.78, 5) is 0. The highest BCUT2D eigenvalue weighted by Gasteiger charge is 2.55. The zero-order chi connectivity index (χ0) is 12.3. The van der Waals surface area contributed by atoms with E-state index in [1.807, 2.05) is 20.8 Å². The first-order valence-electron chi connectivity index (χ1n) is 5.54. The van der Waals surface area contributed by atoms with E-state index in [0.29, 0.717) is 6.61 Å². The van der Waals surface area contributed by atoms with E-state index in [4.69, 9.17) is 18.9 Å². The van der Waals surface area contributed by atoms with Crippen LogP contribution in [0.15, 0.2) is 0 Å². The average molecular weight is 250 g/mol. The lowest BCUT2D eigenvalue weighted by molar-refractivity contribution is -0.144. The number of thiol groups is 1. The van der Waals surface area contributed by atoms with Gasteiger partial charge in [-0.25, -0.2) is 0 Å². The lowest BCUT2D eigenvalue weighted by atomic mass is 9.92. The monoisotopic (exact) mass is 250 g/mol. The first-order chi connectivity index (χ1) is 7.51. The van der Waals surface area contributed by atoms with Crippen LogP contribution in [-0.4, -0.2) is 50.2 Å². The summed E-state index contributed by atoms with van der Waals surface area (Å²) in [5.74, 6) is 0. The summed E-state index contributed by atoms with van der Waals surface area (Å²) in [5, 5.41) is 0. The first kappa shape index (κ1) is 14.3. The molecule has 1 heterocycles. The van der Waals surface area contributed by atoms with Crippen molar-refractivity contribution in [1.29, 1.82) is 0 Å². The molecule has 0 radical (unpaired) electrons. The summed E-state index contributed by atoms with van der Waals surface area (Å²) < 4.78 is 22.3. The van der Waals surface area contributed by atoms with E-state index in [9.17, 15) is 0 Å². The molecular formula is C11H22O4S. The number of hydrogen-bond acceptors (Lipinski definition) is 5. The summed E-state index contributed by atoms with van der Waals surface area (Å²) in [6.07, 6.45) is -0.427. The Morgan fingerprint density at radius 1 is 1.44 bits per heavy atom. The van der Waals surface area contributed by atoms with E-state index in [2.05, 4.69) is 12.6 Å². The van der Waals surface area contributed by atoms with E-state index >= 15 is 0 Å². The molecule has 4 nitrogen and oxygen atoms in total. The molecule has 0 aromatic rings. The summed E-state index contributed by atoms with van der Waals surface area (Å²) in [6.45, 7) is 6.49. The molecule has 0 saturated carbocycles. The van der Waals surface area contributed by atoms with Crippen molar-refractivity contribution in [2.75, 3.05) is 20.8 Å². The van der Waals surface area contributed by atoms with Crippen molar-refractivity contribution in [3.05, 3.63) is 0 Å². The van der Waals surface area contributed by atoms with Crippen molar-refractivity contribution < 1.29 is 18.9 Å². The fourth-order valence-corrected chi connectivity index (χ4v) is 2.63. The zero-order valence-electron chi connectivity index (χ0n) is 10.6. The molecular weight excluding hydrogens is 228 g/mol. The lowest BCUT2D eigenvalue weighted by Crippen LogP contribution is -2.50. The van der Waals surface area contributed by atoms with Gasteiger partial charge < -0.3 is 18.9 Å². The maximum Gasteiger partial charge on any atom is 0.130 e. The van der Waals surface area contributed by atoms with Crippen LogP contribution in [0.5, 0.6) is 0 Å². The molecule has 1 fully saturated rings. The van der Waals surface area contributed by atoms with Crippen LogP contribution in [0.4, 0.5) is 0 Å². The quantitative estimate of drug-likeness (QED) is 0.750. The largest absolute Gasteiger partial charge is 0.379 e. The molecule has 0 aromatic carbocycles. The van der Waals surface area contributed by atoms with Crippen molar-refractivity contribution in [2.24, 2.45) is 0 Å². The van der Waals surface area contributed by atoms with Crippen LogP contribution in [0.3, 0.4) is 0 Å². The Morgan fingerprint density at radius 2 is 2.06 bits per heavy atom. The predicted octanol–water partition coefficient (Wildman–Crippen LogP) is 1.49. The van der Waals surface area contributed by atoms with Gasteiger partial charge in [0.1, 0.15) is 23.2 Å². The summed E-state index contributed by atoms with van der Waals surface area (Å²) >= 11 is 4.40. The van der Waals surface area contributed by atoms with Gasteiger partial charge >= 0.3 is 0 Å². The Morgan fingerprint density at radius 3 is 2.50 bits per heavy atom. The van der Waals surface area contributed by atoms with Crippen LogP contribution < -0.4 is 0 Å². The van der Waals surface area contributed by atoms with Crippen LogP contribution in [0.1, 0.15) is 20.8 Å². The van der Waals surface area contributed by atoms with E-state index in [1.54, 1.807) is 14.2 Å². The zero-order valence-corrected chi connectivity index (χ0v) is 11.5. The molecule has 16 heavy (non-hydrogen) atoms. The molecule has 1 aliphatic heterocycles. The fourth-order valence-electron chi connectivity index (χ4n) is 2.16. The van der Waals surface area contributed by atoms with Gasteiger partial charge in [0.15, 0.2) is 0 Å². The van der Waals surface area contributed by atoms with Gasteiger partial charge in [-0.15, -0.1) is 12.6 Å². The van der Waals surface area contributed by atoms with Crippen molar-refractivity contribution in [3.8, 4) is 0 Å². The van der Waals surface area contributed by atoms with E-state index in [1.165, 1.54) is 0 Å². The molecule has 0 spiro atoms. The minimum Gasteiger partial charge on any atom is -0.379 e. The predicted molar refractivity (Wildman–Crippen MR) is 64.9 cm³/mol. The average Bonchev–Trinajstić information content (AvgIpc) is 2.51. The van der Waals surface area contributed by atoms with Gasteiger partial charge in [0.25, 0.3) is 0 Å². The highest BCUT2D eigenvalue weighted by Crippen LogP contribution is 2.39. The number of methoxy groups -OCH3 is 2. The molecule has 0 aliphatic carbocycles. The van der Waals surface area contributed by atoms with E-state index < -0.39 is 5.60 Å². The van der Waals surface area contributed by atoms with Gasteiger partial charge in [-0.2, -0.15) is 0 Å². The van der Waals surface area contributed by atoms with Gasteiger partial charge in [0.05, 0.1) is 6.10 Å². The number of rotatable bonds is 5. The van der Waals surface area contributed by atoms with Crippen molar-refractivity contribution in [3.63, 3.8) is 0 Å². The smallest absolute Gasteiger partial charge is 0.130 e. The third kappa shape index (κ3) is 2.38. The SMILES string of the molecule is CCOC1C(OC)[C@@](C)(C(C)OC)O[C@H]1S. The van der Waals surface area contributed by atoms with Gasteiger partial charge in [0.2, 0.25) is 0 Å². The Labute approximate surface area is 103 Å². The molecule has 1 saturated heterocycles. The molecule has 1 rings (SSSR count). The Hall–Kier alpha value is 0.190. The van der Waals surface area contributed by atoms with Crippen molar-refractivity contribution in [2.45, 2.75) is 50.1 Å². The molecule has 0 amide bonds. The second-order valence-corrected chi connectivity index (χ2v) is 4.66. The Kier molecular flexibility index (Phi) is 5.07. The molecule has 0 N–H and O–H groups in total. The van der Waals surface area contributed by atoms with Gasteiger partial charge in [-0.1, -0.05) is 0 Å². The normalized spacial score (nSPS) is 41.2. The second kappa shape index (κ2) is 5.69. The van der Waals surface area contributed by atoms with Crippen LogP contribution in [0.25, 0.3) is 0 Å². The van der Waals surface area contributed by atoms with Crippen molar-refractivity contribution in [1.82, 2.24) is 0 Å². The Bertz CT molecular complexity index is 226. The topological polar surface area (TPSA) is 36.9 Å². The van der Waals surface area contributed by atoms with E-state index in [0.717, 1.165) is 0 Å². The third-order valence-electron chi connectivity index (χ3n) is 3.29. The van der Waals surface area contributed by atoms with Gasteiger partial charge in [0, 0.05) is 20.8 Å². The lowest BCUT2D eigenvalue weighted by Gasteiger charge is -2.35. The summed E-state index contributed by atoms with van der Waals surface area (Å²) in [5.41, 5.74) is -0.817. The molecule has 3 unspecified atom stereocenters. The molecule has 0 aromatic heterocycles. The Balaban J connectivity index is 2.88. The van der Waals surface area contributed by atoms with E-state index in [-0.39, 0.29) is 23.7 Å². The maximum atomic E-state index is 5.86. The van der Waals surface area contributed by atoms with Crippen LogP contribution >= 0.6 is 12.6 Å². The second-order valence-electron chi connectivity index (χ2n) is 4.15. The first-order valence-corrected chi connectivity index (χ1v) is 6.06. The summed E-state index contributed by atoms with van der Waals surface area (Å²) in [7, 11) is 3.32. The van der Waals surface area contributed by atoms with Crippen molar-refractivity contribution >= 4 is 12.6 Å². The highest BCUT2D eigenvalue weighted by molar-refractivity contribution is 7.80. The molecule has 5 heteroatoms. The number of ether oxygens (including phenoxy) is 4. The van der Waals surface area contributed by atoms with Gasteiger partial charge in [-0.3, -0.25) is 0 Å². The molecule has 0 bridgehead atoms. The third-order valence-corrected chi connectivity index (χ3v) is 3.69. The molecule has 1 aliphatic rings. The van der Waals surface area contributed by atoms with Crippen LogP contribution in [0, 0.1) is 0 Å². The van der Waals surface area contributed by atoms with Crippen LogP contribution in [0.2, 0.25) is 0 Å². The maximum absolute atomic E-state index is 5.86. The minimum absolute atomic E-state index is 0.0856. The molecule has 96 valence electrons. The van der Waals surface area contributed by atoms with Crippen LogP contribution in [-0.2, 0) is 18.9 Å². The standard InChI is InChI=1S/C11H22O4S/c1-6-14-8-9(13-5)11(3,7(2)12-4)15-10(8)16/h7-10,16H,6H2,1-5H3/t7?,8?,9?,10-,11+/m0/s1. The number of hydrogen-bond donors (Lipinski definition) is 1. The van der Waals surface area contributed by atoms with Gasteiger partial charge in [-0.05, 0) is 20.8 Å². The minimum atomic E-state index is -0.532. The fraction of sp³-hybridized carbons (Fsp3) is 1.00. The highest BCUT2D eigenvalue weighted by atomic mass is 32.1.